The van der Waals surface area contributed by atoms with Gasteiger partial charge in [0.1, 0.15) is 11.6 Å². The molecule has 0 aromatic heterocycles. The molecule has 46 heavy (non-hydrogen) atoms. The van der Waals surface area contributed by atoms with Gasteiger partial charge in [-0.25, -0.2) is 4.39 Å². The average Bonchev–Trinajstić information content (AvgIpc) is 3.39. The van der Waals surface area contributed by atoms with Crippen molar-refractivity contribution in [3.63, 3.8) is 0 Å². The fraction of sp³-hybridized carbons (Fsp3) is 0.139. The van der Waals surface area contributed by atoms with E-state index in [-0.39, 0.29) is 27.4 Å². The highest BCUT2D eigenvalue weighted by atomic mass is 32.2. The van der Waals surface area contributed by atoms with Gasteiger partial charge in [0.05, 0.1) is 12.1 Å². The molecule has 6 rings (SSSR count). The summed E-state index contributed by atoms with van der Waals surface area (Å²) in [6, 6.07) is 34.0. The van der Waals surface area contributed by atoms with Crippen molar-refractivity contribution in [1.29, 1.82) is 0 Å². The number of nitrogens with zero attached hydrogens (tertiary/aromatic N) is 1. The molecule has 0 radical (unpaired) electrons. The molecule has 1 heterocycles. The lowest BCUT2D eigenvalue weighted by Crippen LogP contribution is -2.29. The van der Waals surface area contributed by atoms with Crippen LogP contribution in [0.3, 0.4) is 0 Å². The number of aliphatic hydroxyl groups excluding tert-OH is 1. The van der Waals surface area contributed by atoms with E-state index in [9.17, 15) is 34.1 Å². The number of carbonyl (C=O) groups excluding carboxylic acids is 1. The molecule has 1 unspecified atom stereocenters. The van der Waals surface area contributed by atoms with E-state index < -0.39 is 20.1 Å². The van der Waals surface area contributed by atoms with Gasteiger partial charge in [-0.15, -0.1) is 0 Å². The summed E-state index contributed by atoms with van der Waals surface area (Å²) >= 11 is 1.16. The molecule has 1 fully saturated rings. The van der Waals surface area contributed by atoms with E-state index >= 15 is 0 Å². The van der Waals surface area contributed by atoms with E-state index in [0.29, 0.717) is 40.8 Å². The number of hydrogen-bond acceptors (Lipinski definition) is 7. The van der Waals surface area contributed by atoms with Gasteiger partial charge in [0.2, 0.25) is 0 Å². The maximum atomic E-state index is 13.6. The summed E-state index contributed by atoms with van der Waals surface area (Å²) in [5.41, 5.74) is 5.19. The van der Waals surface area contributed by atoms with Crippen LogP contribution in [0.25, 0.3) is 22.3 Å². The smallest absolute Gasteiger partial charge is 0.440 e. The van der Waals surface area contributed by atoms with E-state index in [1.807, 2.05) is 60.7 Å². The fourth-order valence-electron chi connectivity index (χ4n) is 5.80. The first-order valence-electron chi connectivity index (χ1n) is 14.7. The van der Waals surface area contributed by atoms with Gasteiger partial charge in [-0.2, -0.15) is 14.7 Å². The Bertz CT molecular complexity index is 1820. The number of benzene rings is 5. The molecule has 1 aliphatic heterocycles. The standard InChI is InChI=1S/C36H31FNO6PS/c37-28-13-6-26(7-14-28)32(39)20-21-34-35(31-19-12-27(22-33(31)40)25-10-17-30(18-11-25)45(42,43)44)38(36(41)46-34)29-15-8-24(9-16-29)23-4-2-1-3-5-23/h1-19,22,32,34-35,39,42-44H,20-21H2/p+1/t32?,34-,35-/m1/s1. The molecule has 0 bridgehead atoms. The minimum atomic E-state index is -4.14. The largest absolute Gasteiger partial charge is 0.508 e. The van der Waals surface area contributed by atoms with Crippen LogP contribution in [0.5, 0.6) is 5.75 Å². The van der Waals surface area contributed by atoms with Crippen molar-refractivity contribution in [2.45, 2.75) is 30.2 Å². The first-order chi connectivity index (χ1) is 22.1. The Kier molecular flexibility index (Phi) is 9.25. The fourth-order valence-corrected chi connectivity index (χ4v) is 7.59. The molecule has 5 aromatic carbocycles. The zero-order chi connectivity index (χ0) is 32.4. The lowest BCUT2D eigenvalue weighted by atomic mass is 9.93. The van der Waals surface area contributed by atoms with Gasteiger partial charge in [-0.3, -0.25) is 9.69 Å². The topological polar surface area (TPSA) is 121 Å². The highest BCUT2D eigenvalue weighted by Gasteiger charge is 2.43. The lowest BCUT2D eigenvalue weighted by Gasteiger charge is -2.29. The van der Waals surface area contributed by atoms with Crippen molar-refractivity contribution in [2.75, 3.05) is 4.90 Å². The molecule has 0 spiro atoms. The minimum absolute atomic E-state index is 0.0122. The molecule has 234 valence electrons. The number of aliphatic hydroxyl groups is 1. The summed E-state index contributed by atoms with van der Waals surface area (Å²) in [4.78, 5) is 44.0. The molecule has 5 aromatic rings. The summed E-state index contributed by atoms with van der Waals surface area (Å²) in [7, 11) is -4.14. The van der Waals surface area contributed by atoms with Crippen molar-refractivity contribution in [2.24, 2.45) is 0 Å². The Morgan fingerprint density at radius 3 is 1.98 bits per heavy atom. The van der Waals surface area contributed by atoms with E-state index in [1.54, 1.807) is 41.3 Å². The van der Waals surface area contributed by atoms with Gasteiger partial charge in [0, 0.05) is 16.5 Å². The Morgan fingerprint density at radius 2 is 1.35 bits per heavy atom. The number of phenols is 1. The number of carbonyl (C=O) groups is 1. The van der Waals surface area contributed by atoms with Crippen LogP contribution in [-0.2, 0) is 0 Å². The number of aromatic hydroxyl groups is 1. The predicted molar refractivity (Wildman–Crippen MR) is 181 cm³/mol. The summed E-state index contributed by atoms with van der Waals surface area (Å²) < 4.78 is 13.4. The number of halogens is 1. The van der Waals surface area contributed by atoms with Crippen LogP contribution in [0.2, 0.25) is 0 Å². The molecular formula is C36H32FNO6PS+. The van der Waals surface area contributed by atoms with Crippen LogP contribution in [0.1, 0.15) is 36.1 Å². The van der Waals surface area contributed by atoms with Crippen LogP contribution in [-0.4, -0.2) is 35.4 Å². The molecule has 0 saturated carbocycles. The third kappa shape index (κ3) is 6.86. The molecule has 10 heteroatoms. The monoisotopic (exact) mass is 656 g/mol. The molecular weight excluding hydrogens is 624 g/mol. The number of rotatable bonds is 9. The summed E-state index contributed by atoms with van der Waals surface area (Å²) in [5.74, 6) is -0.410. The van der Waals surface area contributed by atoms with Gasteiger partial charge < -0.3 is 10.2 Å². The first-order valence-corrected chi connectivity index (χ1v) is 17.2. The molecule has 0 aliphatic carbocycles. The molecule has 1 amide bonds. The van der Waals surface area contributed by atoms with Crippen molar-refractivity contribution in [3.05, 3.63) is 138 Å². The molecule has 1 aliphatic rings. The predicted octanol–water partition coefficient (Wildman–Crippen LogP) is 7.53. The zero-order valence-corrected chi connectivity index (χ0v) is 26.2. The van der Waals surface area contributed by atoms with E-state index in [2.05, 4.69) is 0 Å². The van der Waals surface area contributed by atoms with Crippen molar-refractivity contribution >= 4 is 35.9 Å². The summed E-state index contributed by atoms with van der Waals surface area (Å²) in [5, 5.41) is 21.8. The van der Waals surface area contributed by atoms with Gasteiger partial charge in [0.15, 0.2) is 5.30 Å². The lowest BCUT2D eigenvalue weighted by molar-refractivity contribution is 0.163. The Morgan fingerprint density at radius 1 is 0.761 bits per heavy atom. The van der Waals surface area contributed by atoms with Gasteiger partial charge >= 0.3 is 7.94 Å². The summed E-state index contributed by atoms with van der Waals surface area (Å²) in [6.45, 7) is 0. The highest BCUT2D eigenvalue weighted by molar-refractivity contribution is 8.14. The van der Waals surface area contributed by atoms with Crippen molar-refractivity contribution in [3.8, 4) is 28.0 Å². The van der Waals surface area contributed by atoms with Crippen molar-refractivity contribution in [1.82, 2.24) is 0 Å². The van der Waals surface area contributed by atoms with Crippen LogP contribution in [0.4, 0.5) is 14.9 Å². The van der Waals surface area contributed by atoms with E-state index in [0.717, 1.165) is 22.9 Å². The first kappa shape index (κ1) is 31.9. The van der Waals surface area contributed by atoms with E-state index in [1.165, 1.54) is 24.3 Å². The minimum Gasteiger partial charge on any atom is -0.508 e. The second kappa shape index (κ2) is 13.3. The number of amides is 1. The molecule has 7 nitrogen and oxygen atoms in total. The quantitative estimate of drug-likeness (QED) is 0.104. The SMILES string of the molecule is O=C1S[C@H](CCC(O)c2ccc(F)cc2)[C@@H](c2ccc(-c3ccc([P+](O)(O)O)cc3)cc2O)N1c1ccc(-c2ccccc2)cc1. The number of thioether (sulfide) groups is 1. The zero-order valence-electron chi connectivity index (χ0n) is 24.5. The van der Waals surface area contributed by atoms with E-state index in [4.69, 9.17) is 0 Å². The molecule has 1 saturated heterocycles. The number of phenolic OH excluding ortho intramolecular Hbond substituents is 1. The Labute approximate surface area is 270 Å². The molecule has 5 N–H and O–H groups in total. The number of anilines is 1. The maximum Gasteiger partial charge on any atom is 0.440 e. The maximum absolute atomic E-state index is 13.6. The Hall–Kier alpha value is -4.08. The highest BCUT2D eigenvalue weighted by Crippen LogP contribution is 2.49. The van der Waals surface area contributed by atoms with Crippen LogP contribution < -0.4 is 10.2 Å². The second-order valence-corrected chi connectivity index (χ2v) is 14.0. The Balaban J connectivity index is 1.32. The van der Waals surface area contributed by atoms with Crippen molar-refractivity contribution < 1.29 is 34.1 Å². The van der Waals surface area contributed by atoms with Gasteiger partial charge in [-0.05, 0) is 83.1 Å². The third-order valence-corrected chi connectivity index (χ3v) is 10.4. The van der Waals surface area contributed by atoms with Crippen LogP contribution in [0.15, 0.2) is 121 Å². The normalized spacial score (nSPS) is 17.3. The number of hydrogen-bond donors (Lipinski definition) is 5. The van der Waals surface area contributed by atoms with Crippen LogP contribution >= 0.6 is 19.7 Å². The van der Waals surface area contributed by atoms with Gasteiger partial charge in [0.25, 0.3) is 5.24 Å². The van der Waals surface area contributed by atoms with Crippen LogP contribution in [0, 0.1) is 5.82 Å². The second-order valence-electron chi connectivity index (χ2n) is 11.2. The average molecular weight is 657 g/mol. The molecule has 3 atom stereocenters. The van der Waals surface area contributed by atoms with Gasteiger partial charge in [-0.1, -0.05) is 90.6 Å². The third-order valence-electron chi connectivity index (χ3n) is 8.21. The summed E-state index contributed by atoms with van der Waals surface area (Å²) in [6.07, 6.45) is -0.0908.